The van der Waals surface area contributed by atoms with Crippen LogP contribution in [0.3, 0.4) is 0 Å². The number of hydrogen-bond acceptors (Lipinski definition) is 3. The maximum Gasteiger partial charge on any atom is 0.392 e. The minimum atomic E-state index is -4.22. The number of hydrogen-bond donors (Lipinski definition) is 0. The average Bonchev–Trinajstić information content (AvgIpc) is 2.57. The Labute approximate surface area is 103 Å². The second-order valence-corrected chi connectivity index (χ2v) is 3.94. The number of rotatable bonds is 3. The summed E-state index contributed by atoms with van der Waals surface area (Å²) in [7, 11) is 0. The molecule has 0 aliphatic carbocycles. The molecule has 0 saturated heterocycles. The summed E-state index contributed by atoms with van der Waals surface area (Å²) in [6.07, 6.45) is -3.59. The summed E-state index contributed by atoms with van der Waals surface area (Å²) >= 11 is 3.08. The van der Waals surface area contributed by atoms with Gasteiger partial charge in [-0.1, -0.05) is 0 Å². The lowest BCUT2D eigenvalue weighted by atomic mass is 10.4. The van der Waals surface area contributed by atoms with Gasteiger partial charge in [-0.25, -0.2) is 4.52 Å². The SMILES string of the molecule is FC(F)(F)CCOc1cccn2nc(Br)nc12. The molecule has 0 radical (unpaired) electrons. The fourth-order valence-corrected chi connectivity index (χ4v) is 1.58. The smallest absolute Gasteiger partial charge is 0.392 e. The lowest BCUT2D eigenvalue weighted by Gasteiger charge is -2.08. The molecule has 0 atom stereocenters. The Morgan fingerprint density at radius 2 is 2.18 bits per heavy atom. The van der Waals surface area contributed by atoms with E-state index in [0.717, 1.165) is 0 Å². The van der Waals surface area contributed by atoms with Crippen molar-refractivity contribution >= 4 is 21.6 Å². The van der Waals surface area contributed by atoms with Gasteiger partial charge in [0.25, 0.3) is 0 Å². The number of aromatic nitrogens is 3. The molecule has 17 heavy (non-hydrogen) atoms. The molecule has 0 amide bonds. The van der Waals surface area contributed by atoms with Crippen molar-refractivity contribution in [3.05, 3.63) is 23.1 Å². The molecular formula is C9H7BrF3N3O. The Hall–Kier alpha value is -1.31. The summed E-state index contributed by atoms with van der Waals surface area (Å²) in [5.74, 6) is 0.273. The van der Waals surface area contributed by atoms with E-state index >= 15 is 0 Å². The molecule has 92 valence electrons. The van der Waals surface area contributed by atoms with Crippen molar-refractivity contribution in [3.8, 4) is 5.75 Å². The van der Waals surface area contributed by atoms with Gasteiger partial charge in [0.15, 0.2) is 11.4 Å². The minimum absolute atomic E-state index is 0.273. The van der Waals surface area contributed by atoms with Crippen LogP contribution >= 0.6 is 15.9 Å². The number of nitrogens with zero attached hydrogens (tertiary/aromatic N) is 3. The molecule has 8 heteroatoms. The van der Waals surface area contributed by atoms with E-state index < -0.39 is 19.2 Å². The van der Waals surface area contributed by atoms with Gasteiger partial charge in [0.05, 0.1) is 13.0 Å². The molecule has 2 aromatic rings. The Balaban J connectivity index is 2.13. The highest BCUT2D eigenvalue weighted by atomic mass is 79.9. The molecule has 0 unspecified atom stereocenters. The van der Waals surface area contributed by atoms with Crippen molar-refractivity contribution in [2.45, 2.75) is 12.6 Å². The largest absolute Gasteiger partial charge is 0.489 e. The van der Waals surface area contributed by atoms with Gasteiger partial charge >= 0.3 is 6.18 Å². The molecule has 2 aromatic heterocycles. The summed E-state index contributed by atoms with van der Waals surface area (Å²) in [5, 5.41) is 3.95. The summed E-state index contributed by atoms with van der Waals surface area (Å²) in [4.78, 5) is 3.99. The van der Waals surface area contributed by atoms with Gasteiger partial charge in [0, 0.05) is 6.20 Å². The van der Waals surface area contributed by atoms with Crippen LogP contribution in [0.5, 0.6) is 5.75 Å². The van der Waals surface area contributed by atoms with Crippen molar-refractivity contribution in [3.63, 3.8) is 0 Å². The Bertz CT molecular complexity index is 526. The summed E-state index contributed by atoms with van der Waals surface area (Å²) in [5.41, 5.74) is 0.376. The minimum Gasteiger partial charge on any atom is -0.489 e. The first-order valence-corrected chi connectivity index (χ1v) is 5.45. The van der Waals surface area contributed by atoms with E-state index in [2.05, 4.69) is 26.0 Å². The van der Waals surface area contributed by atoms with E-state index in [9.17, 15) is 13.2 Å². The number of pyridine rings is 1. The monoisotopic (exact) mass is 309 g/mol. The number of ether oxygens (including phenoxy) is 1. The number of fused-ring (bicyclic) bond motifs is 1. The van der Waals surface area contributed by atoms with Crippen molar-refractivity contribution in [2.75, 3.05) is 6.61 Å². The molecule has 4 nitrogen and oxygen atoms in total. The predicted molar refractivity (Wildman–Crippen MR) is 56.9 cm³/mol. The van der Waals surface area contributed by atoms with E-state index in [1.807, 2.05) is 0 Å². The summed E-state index contributed by atoms with van der Waals surface area (Å²) in [6.45, 7) is -0.437. The second kappa shape index (κ2) is 4.52. The zero-order valence-electron chi connectivity index (χ0n) is 8.41. The lowest BCUT2D eigenvalue weighted by Crippen LogP contribution is -2.13. The molecule has 2 rings (SSSR count). The van der Waals surface area contributed by atoms with Crippen LogP contribution in [-0.4, -0.2) is 27.4 Å². The first kappa shape index (κ1) is 12.2. The van der Waals surface area contributed by atoms with Crippen molar-refractivity contribution < 1.29 is 17.9 Å². The van der Waals surface area contributed by atoms with Gasteiger partial charge in [-0.2, -0.15) is 18.2 Å². The van der Waals surface area contributed by atoms with Crippen LogP contribution in [-0.2, 0) is 0 Å². The second-order valence-electron chi connectivity index (χ2n) is 3.24. The molecule has 2 heterocycles. The predicted octanol–water partition coefficient (Wildman–Crippen LogP) is 2.82. The van der Waals surface area contributed by atoms with Gasteiger partial charge in [-0.05, 0) is 28.1 Å². The molecule has 0 spiro atoms. The fourth-order valence-electron chi connectivity index (χ4n) is 1.25. The van der Waals surface area contributed by atoms with Gasteiger partial charge in [0.1, 0.15) is 0 Å². The lowest BCUT2D eigenvalue weighted by molar-refractivity contribution is -0.139. The Kier molecular flexibility index (Phi) is 3.23. The maximum absolute atomic E-state index is 12.0. The third kappa shape index (κ3) is 3.09. The first-order valence-electron chi connectivity index (χ1n) is 4.66. The van der Waals surface area contributed by atoms with Crippen LogP contribution in [0.15, 0.2) is 23.1 Å². The fraction of sp³-hybridized carbons (Fsp3) is 0.333. The van der Waals surface area contributed by atoms with Gasteiger partial charge in [-0.15, -0.1) is 5.10 Å². The molecule has 0 saturated carbocycles. The highest BCUT2D eigenvalue weighted by Crippen LogP contribution is 2.22. The Morgan fingerprint density at radius 1 is 1.41 bits per heavy atom. The van der Waals surface area contributed by atoms with Crippen LogP contribution in [0.4, 0.5) is 13.2 Å². The van der Waals surface area contributed by atoms with E-state index in [4.69, 9.17) is 4.74 Å². The third-order valence-electron chi connectivity index (χ3n) is 1.94. The molecule has 0 aliphatic rings. The quantitative estimate of drug-likeness (QED) is 0.875. The van der Waals surface area contributed by atoms with Crippen LogP contribution < -0.4 is 4.74 Å². The maximum atomic E-state index is 12.0. The van der Waals surface area contributed by atoms with Crippen LogP contribution in [0.1, 0.15) is 6.42 Å². The molecule has 0 N–H and O–H groups in total. The van der Waals surface area contributed by atoms with Gasteiger partial charge in [0.2, 0.25) is 4.73 Å². The normalized spacial score (nSPS) is 12.0. The zero-order chi connectivity index (χ0) is 12.5. The highest BCUT2D eigenvalue weighted by molar-refractivity contribution is 9.10. The first-order chi connectivity index (χ1) is 7.96. The number of halogens is 4. The van der Waals surface area contributed by atoms with E-state index in [1.54, 1.807) is 18.3 Å². The molecular weight excluding hydrogens is 303 g/mol. The van der Waals surface area contributed by atoms with Gasteiger partial charge in [-0.3, -0.25) is 0 Å². The van der Waals surface area contributed by atoms with Crippen molar-refractivity contribution in [1.29, 1.82) is 0 Å². The van der Waals surface area contributed by atoms with E-state index in [-0.39, 0.29) is 5.75 Å². The van der Waals surface area contributed by atoms with E-state index in [1.165, 1.54) is 4.52 Å². The zero-order valence-corrected chi connectivity index (χ0v) is 9.99. The summed E-state index contributed by atoms with van der Waals surface area (Å²) in [6, 6.07) is 3.17. The van der Waals surface area contributed by atoms with Crippen LogP contribution in [0.25, 0.3) is 5.65 Å². The van der Waals surface area contributed by atoms with Crippen LogP contribution in [0.2, 0.25) is 0 Å². The summed E-state index contributed by atoms with van der Waals surface area (Å²) < 4.78 is 42.7. The topological polar surface area (TPSA) is 39.4 Å². The standard InChI is InChI=1S/C9H7BrF3N3O/c10-8-14-7-6(2-1-4-16(7)15-8)17-5-3-9(11,12)13/h1-2,4H,3,5H2. The highest BCUT2D eigenvalue weighted by Gasteiger charge is 2.27. The van der Waals surface area contributed by atoms with Crippen molar-refractivity contribution in [1.82, 2.24) is 14.6 Å². The molecule has 0 aliphatic heterocycles. The number of alkyl halides is 3. The van der Waals surface area contributed by atoms with E-state index in [0.29, 0.717) is 10.4 Å². The Morgan fingerprint density at radius 3 is 2.88 bits per heavy atom. The molecule has 0 bridgehead atoms. The molecule has 0 aromatic carbocycles. The third-order valence-corrected chi connectivity index (χ3v) is 2.28. The molecule has 0 fully saturated rings. The van der Waals surface area contributed by atoms with Crippen molar-refractivity contribution in [2.24, 2.45) is 0 Å². The van der Waals surface area contributed by atoms with Gasteiger partial charge < -0.3 is 4.74 Å². The van der Waals surface area contributed by atoms with Crippen LogP contribution in [0, 0.1) is 0 Å². The average molecular weight is 310 g/mol.